The Morgan fingerprint density at radius 3 is 1.35 bits per heavy atom. The van der Waals surface area contributed by atoms with Gasteiger partial charge in [0.05, 0.1) is 36.0 Å². The van der Waals surface area contributed by atoms with Crippen molar-refractivity contribution in [3.63, 3.8) is 0 Å². The number of aromatic hydroxyl groups is 2. The van der Waals surface area contributed by atoms with Gasteiger partial charge in [-0.05, 0) is 62.4 Å². The molecular formula is C28H28MnN2O6. The van der Waals surface area contributed by atoms with Crippen LogP contribution < -0.4 is 9.47 Å². The summed E-state index contributed by atoms with van der Waals surface area (Å²) in [7, 11) is 0. The number of pyridine rings is 2. The molecule has 0 aliphatic carbocycles. The van der Waals surface area contributed by atoms with Crippen molar-refractivity contribution < 1.29 is 46.7 Å². The molecule has 1 radical (unpaired) electrons. The molecule has 2 aromatic carbocycles. The van der Waals surface area contributed by atoms with Gasteiger partial charge in [-0.1, -0.05) is 24.3 Å². The third-order valence-electron chi connectivity index (χ3n) is 4.91. The second kappa shape index (κ2) is 13.9. The van der Waals surface area contributed by atoms with Crippen molar-refractivity contribution in [3.8, 4) is 56.9 Å². The zero-order chi connectivity index (χ0) is 26.1. The molecule has 9 heteroatoms. The number of ether oxygens (including phenoxy) is 2. The maximum Gasteiger partial charge on any atom is 0.300 e. The molecule has 4 rings (SSSR count). The van der Waals surface area contributed by atoms with Crippen molar-refractivity contribution in [2.75, 3.05) is 13.2 Å². The van der Waals surface area contributed by atoms with Crippen LogP contribution in [0.4, 0.5) is 0 Å². The molecule has 0 fully saturated rings. The first-order valence-corrected chi connectivity index (χ1v) is 11.4. The summed E-state index contributed by atoms with van der Waals surface area (Å²) in [5, 5.41) is 28.6. The number of hydrogen-bond acceptors (Lipinski definition) is 7. The van der Waals surface area contributed by atoms with Gasteiger partial charge in [-0.2, -0.15) is 0 Å². The second-order valence-corrected chi connectivity index (χ2v) is 7.51. The molecule has 0 saturated heterocycles. The standard InChI is InChI=1S/C26H24N2O4.C2H4O2.Mn/c1-3-31-23-15-5-9-17(25(23)29)19-11-7-13-21(27-19)22-14-8-12-20(28-22)18-10-6-16-24(26(18)30)32-4-2;1-2(3)4;/h5-16,29-30H,3-4H2,1-2H3;1H3,(H,3,4);. The average molecular weight is 543 g/mol. The third-order valence-corrected chi connectivity index (χ3v) is 4.91. The molecule has 2 aromatic heterocycles. The molecule has 0 spiro atoms. The number of para-hydroxylation sites is 2. The van der Waals surface area contributed by atoms with Gasteiger partial charge in [-0.25, -0.2) is 9.97 Å². The van der Waals surface area contributed by atoms with Crippen molar-refractivity contribution in [2.45, 2.75) is 20.8 Å². The van der Waals surface area contributed by atoms with Gasteiger partial charge in [0.25, 0.3) is 5.97 Å². The van der Waals surface area contributed by atoms with Crippen molar-refractivity contribution in [2.24, 2.45) is 0 Å². The van der Waals surface area contributed by atoms with E-state index in [9.17, 15) is 10.2 Å². The number of carboxylic acid groups (broad SMARTS) is 1. The molecule has 0 amide bonds. The van der Waals surface area contributed by atoms with Crippen molar-refractivity contribution >= 4 is 5.97 Å². The van der Waals surface area contributed by atoms with E-state index in [2.05, 4.69) is 0 Å². The first-order chi connectivity index (χ1) is 17.3. The van der Waals surface area contributed by atoms with Gasteiger partial charge in [-0.15, -0.1) is 0 Å². The predicted molar refractivity (Wildman–Crippen MR) is 137 cm³/mol. The van der Waals surface area contributed by atoms with Crippen LogP contribution in [0.2, 0.25) is 0 Å². The first-order valence-electron chi connectivity index (χ1n) is 11.4. The van der Waals surface area contributed by atoms with Crippen molar-refractivity contribution in [3.05, 3.63) is 72.8 Å². The Bertz CT molecular complexity index is 1250. The maximum absolute atomic E-state index is 10.6. The molecule has 0 atom stereocenters. The molecule has 4 aromatic rings. The minimum Gasteiger partial charge on any atom is -0.504 e. The monoisotopic (exact) mass is 543 g/mol. The Balaban J connectivity index is 0.000000898. The zero-order valence-corrected chi connectivity index (χ0v) is 21.9. The summed E-state index contributed by atoms with van der Waals surface area (Å²) < 4.78 is 11.0. The number of rotatable bonds is 7. The van der Waals surface area contributed by atoms with E-state index in [0.29, 0.717) is 58.6 Å². The van der Waals surface area contributed by atoms with E-state index in [1.54, 1.807) is 24.3 Å². The number of phenolic OH excluding ortho intramolecular Hbond substituents is 2. The summed E-state index contributed by atoms with van der Waals surface area (Å²) in [5.74, 6) is 0.112. The Morgan fingerprint density at radius 2 is 1.00 bits per heavy atom. The van der Waals surface area contributed by atoms with E-state index in [1.807, 2.05) is 62.4 Å². The molecule has 0 aliphatic heterocycles. The molecule has 0 saturated carbocycles. The Morgan fingerprint density at radius 1 is 0.676 bits per heavy atom. The number of carboxylic acids is 1. The fourth-order valence-electron chi connectivity index (χ4n) is 3.46. The van der Waals surface area contributed by atoms with E-state index in [4.69, 9.17) is 29.3 Å². The fourth-order valence-corrected chi connectivity index (χ4v) is 3.46. The third kappa shape index (κ3) is 7.46. The molecule has 8 nitrogen and oxygen atoms in total. The van der Waals surface area contributed by atoms with Crippen LogP contribution in [0.15, 0.2) is 72.8 Å². The quantitative estimate of drug-likeness (QED) is 0.251. The normalized spacial score (nSPS) is 9.92. The van der Waals surface area contributed by atoms with Gasteiger partial charge in [0.15, 0.2) is 23.0 Å². The summed E-state index contributed by atoms with van der Waals surface area (Å²) in [6, 6.07) is 21.8. The predicted octanol–water partition coefficient (Wildman–Crippen LogP) is 5.77. The fraction of sp³-hybridized carbons (Fsp3) is 0.179. The number of carbonyl (C=O) groups is 1. The minimum absolute atomic E-state index is 0. The average Bonchev–Trinajstić information content (AvgIpc) is 2.87. The van der Waals surface area contributed by atoms with Crippen molar-refractivity contribution in [1.29, 1.82) is 0 Å². The molecule has 193 valence electrons. The number of phenols is 2. The molecule has 0 aliphatic rings. The molecule has 3 N–H and O–H groups in total. The minimum atomic E-state index is -0.833. The number of aromatic nitrogens is 2. The van der Waals surface area contributed by atoms with Crippen molar-refractivity contribution in [1.82, 2.24) is 9.97 Å². The summed E-state index contributed by atoms with van der Waals surface area (Å²) in [4.78, 5) is 18.4. The molecule has 2 heterocycles. The SMILES string of the molecule is CC(=O)O.CCOc1cccc(-c2cccc(-c3cccc(-c4cccc(OCC)c4O)n3)n2)c1O.[Mn]. The second-order valence-electron chi connectivity index (χ2n) is 7.51. The van der Waals surface area contributed by atoms with Gasteiger partial charge in [0.1, 0.15) is 0 Å². The summed E-state index contributed by atoms with van der Waals surface area (Å²) >= 11 is 0. The van der Waals surface area contributed by atoms with Crippen LogP contribution in [0, 0.1) is 0 Å². The molecule has 37 heavy (non-hydrogen) atoms. The largest absolute Gasteiger partial charge is 0.504 e. The summed E-state index contributed by atoms with van der Waals surface area (Å²) in [6.45, 7) is 5.73. The van der Waals surface area contributed by atoms with E-state index in [0.717, 1.165) is 6.92 Å². The topological polar surface area (TPSA) is 122 Å². The number of hydrogen-bond donors (Lipinski definition) is 3. The smallest absolute Gasteiger partial charge is 0.300 e. The van der Waals surface area contributed by atoms with Crippen LogP contribution in [-0.4, -0.2) is 44.5 Å². The summed E-state index contributed by atoms with van der Waals surface area (Å²) in [6.07, 6.45) is 0. The number of aliphatic carboxylic acids is 1. The van der Waals surface area contributed by atoms with Crippen LogP contribution in [0.3, 0.4) is 0 Å². The zero-order valence-electron chi connectivity index (χ0n) is 20.7. The van der Waals surface area contributed by atoms with Crippen LogP contribution in [0.25, 0.3) is 33.9 Å². The number of nitrogens with zero attached hydrogens (tertiary/aromatic N) is 2. The molecular weight excluding hydrogens is 515 g/mol. The van der Waals surface area contributed by atoms with Crippen LogP contribution in [-0.2, 0) is 21.9 Å². The van der Waals surface area contributed by atoms with E-state index in [1.165, 1.54) is 0 Å². The Kier molecular flexibility index (Phi) is 10.9. The maximum atomic E-state index is 10.6. The van der Waals surface area contributed by atoms with Gasteiger partial charge in [0.2, 0.25) is 0 Å². The van der Waals surface area contributed by atoms with Gasteiger partial charge < -0.3 is 24.8 Å². The first kappa shape index (κ1) is 29.2. The van der Waals surface area contributed by atoms with E-state index in [-0.39, 0.29) is 28.6 Å². The van der Waals surface area contributed by atoms with Gasteiger partial charge >= 0.3 is 0 Å². The van der Waals surface area contributed by atoms with Gasteiger partial charge in [-0.3, -0.25) is 4.79 Å². The van der Waals surface area contributed by atoms with Crippen LogP contribution >= 0.6 is 0 Å². The Hall–Kier alpha value is -4.07. The van der Waals surface area contributed by atoms with E-state index >= 15 is 0 Å². The van der Waals surface area contributed by atoms with E-state index < -0.39 is 5.97 Å². The molecule has 0 bridgehead atoms. The van der Waals surface area contributed by atoms with Crippen LogP contribution in [0.1, 0.15) is 20.8 Å². The Labute approximate surface area is 226 Å². The molecule has 0 unspecified atom stereocenters. The van der Waals surface area contributed by atoms with Crippen LogP contribution in [0.5, 0.6) is 23.0 Å². The number of benzene rings is 2. The van der Waals surface area contributed by atoms with Gasteiger partial charge in [0, 0.05) is 35.1 Å². The summed E-state index contributed by atoms with van der Waals surface area (Å²) in [5.41, 5.74) is 3.66.